The summed E-state index contributed by atoms with van der Waals surface area (Å²) < 4.78 is 59.9. The number of sulfonamides is 1. The van der Waals surface area contributed by atoms with Crippen molar-refractivity contribution in [3.8, 4) is 0 Å². The molecular formula is C17H16F2N2O4S. The predicted molar refractivity (Wildman–Crippen MR) is 90.3 cm³/mol. The molecule has 1 N–H and O–H groups in total. The van der Waals surface area contributed by atoms with Crippen LogP contribution in [0, 0.1) is 11.6 Å². The number of carbonyl (C=O) groups excluding carboxylic acids is 1. The van der Waals surface area contributed by atoms with Gasteiger partial charge in [0.05, 0.1) is 24.5 Å². The van der Waals surface area contributed by atoms with Crippen molar-refractivity contribution in [2.75, 3.05) is 31.0 Å². The summed E-state index contributed by atoms with van der Waals surface area (Å²) in [7, 11) is -4.56. The van der Waals surface area contributed by atoms with E-state index in [0.29, 0.717) is 26.3 Å². The van der Waals surface area contributed by atoms with Gasteiger partial charge in [-0.05, 0) is 24.3 Å². The number of hydrogen-bond acceptors (Lipinski definition) is 4. The number of para-hydroxylation sites is 1. The summed E-state index contributed by atoms with van der Waals surface area (Å²) in [5, 5.41) is 0. The number of halogens is 2. The lowest BCUT2D eigenvalue weighted by Crippen LogP contribution is -2.41. The summed E-state index contributed by atoms with van der Waals surface area (Å²) >= 11 is 0. The number of morpholine rings is 1. The highest BCUT2D eigenvalue weighted by molar-refractivity contribution is 7.92. The molecule has 1 fully saturated rings. The zero-order valence-electron chi connectivity index (χ0n) is 13.6. The Morgan fingerprint density at radius 1 is 1.00 bits per heavy atom. The van der Waals surface area contributed by atoms with Gasteiger partial charge in [-0.25, -0.2) is 17.2 Å². The predicted octanol–water partition coefficient (Wildman–Crippen LogP) is 2.24. The third-order valence-electron chi connectivity index (χ3n) is 3.89. The summed E-state index contributed by atoms with van der Waals surface area (Å²) in [4.78, 5) is 13.1. The van der Waals surface area contributed by atoms with Crippen molar-refractivity contribution in [1.29, 1.82) is 0 Å². The number of nitrogens with zero attached hydrogens (tertiary/aromatic N) is 1. The Balaban J connectivity index is 1.94. The van der Waals surface area contributed by atoms with Crippen LogP contribution in [-0.4, -0.2) is 45.5 Å². The molecule has 3 rings (SSSR count). The lowest BCUT2D eigenvalue weighted by Gasteiger charge is -2.27. The molecule has 1 aliphatic rings. The van der Waals surface area contributed by atoms with Crippen LogP contribution in [0.2, 0.25) is 0 Å². The average Bonchev–Trinajstić information content (AvgIpc) is 2.61. The number of rotatable bonds is 4. The van der Waals surface area contributed by atoms with Gasteiger partial charge < -0.3 is 9.64 Å². The van der Waals surface area contributed by atoms with E-state index in [9.17, 15) is 22.0 Å². The Bertz CT molecular complexity index is 908. The molecule has 0 aromatic heterocycles. The third-order valence-corrected chi connectivity index (χ3v) is 5.30. The highest BCUT2D eigenvalue weighted by atomic mass is 32.2. The molecule has 1 heterocycles. The first-order chi connectivity index (χ1) is 12.4. The van der Waals surface area contributed by atoms with Gasteiger partial charge in [0.1, 0.15) is 11.6 Å². The van der Waals surface area contributed by atoms with Gasteiger partial charge >= 0.3 is 0 Å². The third kappa shape index (κ3) is 3.68. The number of ether oxygens (including phenoxy) is 1. The molecule has 0 saturated carbocycles. The molecule has 1 amide bonds. The van der Waals surface area contributed by atoms with Crippen LogP contribution in [0.4, 0.5) is 14.5 Å². The number of nitrogens with one attached hydrogen (secondary N) is 1. The van der Waals surface area contributed by atoms with Crippen LogP contribution in [0.25, 0.3) is 0 Å². The number of carbonyl (C=O) groups is 1. The summed E-state index contributed by atoms with van der Waals surface area (Å²) in [6, 6.07) is 8.68. The first-order valence-electron chi connectivity index (χ1n) is 7.83. The van der Waals surface area contributed by atoms with Crippen molar-refractivity contribution in [2.24, 2.45) is 0 Å². The number of anilines is 1. The summed E-state index contributed by atoms with van der Waals surface area (Å²) in [6.45, 7) is 1.53. The maximum atomic E-state index is 13.9. The molecule has 0 radical (unpaired) electrons. The first-order valence-corrected chi connectivity index (χ1v) is 9.31. The molecule has 26 heavy (non-hydrogen) atoms. The standard InChI is InChI=1S/C17H16F2N2O4S/c18-13-5-3-6-14(19)16(13)26(23,24)20-15-7-2-1-4-12(15)17(22)21-8-10-25-11-9-21/h1-7,20H,8-11H2. The van der Waals surface area contributed by atoms with E-state index in [1.165, 1.54) is 23.1 Å². The van der Waals surface area contributed by atoms with Crippen molar-refractivity contribution in [2.45, 2.75) is 4.90 Å². The lowest BCUT2D eigenvalue weighted by atomic mass is 10.1. The molecule has 2 aromatic rings. The van der Waals surface area contributed by atoms with E-state index in [2.05, 4.69) is 4.72 Å². The van der Waals surface area contributed by atoms with Crippen molar-refractivity contribution < 1.29 is 26.7 Å². The van der Waals surface area contributed by atoms with Gasteiger partial charge in [0, 0.05) is 13.1 Å². The van der Waals surface area contributed by atoms with E-state index in [1.54, 1.807) is 6.07 Å². The zero-order valence-corrected chi connectivity index (χ0v) is 14.4. The first kappa shape index (κ1) is 18.3. The van der Waals surface area contributed by atoms with E-state index in [1.807, 2.05) is 0 Å². The lowest BCUT2D eigenvalue weighted by molar-refractivity contribution is 0.0303. The van der Waals surface area contributed by atoms with Gasteiger partial charge in [0.2, 0.25) is 0 Å². The molecule has 6 nitrogen and oxygen atoms in total. The second-order valence-electron chi connectivity index (χ2n) is 5.61. The highest BCUT2D eigenvalue weighted by Gasteiger charge is 2.27. The summed E-state index contributed by atoms with van der Waals surface area (Å²) in [5.74, 6) is -2.82. The van der Waals surface area contributed by atoms with Crippen molar-refractivity contribution in [3.05, 3.63) is 59.7 Å². The van der Waals surface area contributed by atoms with Crippen LogP contribution in [-0.2, 0) is 14.8 Å². The van der Waals surface area contributed by atoms with Gasteiger partial charge in [-0.2, -0.15) is 0 Å². The molecule has 9 heteroatoms. The zero-order chi connectivity index (χ0) is 18.7. The highest BCUT2D eigenvalue weighted by Crippen LogP contribution is 2.25. The Kier molecular flexibility index (Phi) is 5.19. The normalized spacial score (nSPS) is 14.9. The molecule has 0 unspecified atom stereocenters. The van der Waals surface area contributed by atoms with Crippen molar-refractivity contribution >= 4 is 21.6 Å². The molecule has 0 bridgehead atoms. The van der Waals surface area contributed by atoms with Crippen molar-refractivity contribution in [3.63, 3.8) is 0 Å². The number of amides is 1. The number of benzene rings is 2. The fourth-order valence-corrected chi connectivity index (χ4v) is 3.85. The maximum Gasteiger partial charge on any atom is 0.267 e. The van der Waals surface area contributed by atoms with Crippen LogP contribution in [0.5, 0.6) is 0 Å². The fraction of sp³-hybridized carbons (Fsp3) is 0.235. The van der Waals surface area contributed by atoms with Gasteiger partial charge in [0.15, 0.2) is 4.90 Å². The largest absolute Gasteiger partial charge is 0.378 e. The molecule has 0 atom stereocenters. The van der Waals surface area contributed by atoms with Crippen LogP contribution in [0.3, 0.4) is 0 Å². The SMILES string of the molecule is O=C(c1ccccc1NS(=O)(=O)c1c(F)cccc1F)N1CCOCC1. The van der Waals surface area contributed by atoms with Crippen molar-refractivity contribution in [1.82, 2.24) is 4.90 Å². The minimum Gasteiger partial charge on any atom is -0.378 e. The van der Waals surface area contributed by atoms with E-state index in [0.717, 1.165) is 18.2 Å². The minimum absolute atomic E-state index is 0.0494. The average molecular weight is 382 g/mol. The van der Waals surface area contributed by atoms with Crippen LogP contribution >= 0.6 is 0 Å². The van der Waals surface area contributed by atoms with Gasteiger partial charge in [-0.15, -0.1) is 0 Å². The minimum atomic E-state index is -4.56. The molecule has 2 aromatic carbocycles. The Morgan fingerprint density at radius 3 is 2.27 bits per heavy atom. The molecule has 0 spiro atoms. The Morgan fingerprint density at radius 2 is 1.62 bits per heavy atom. The van der Waals surface area contributed by atoms with Crippen LogP contribution in [0.15, 0.2) is 47.4 Å². The Labute approximate surface area is 149 Å². The smallest absolute Gasteiger partial charge is 0.267 e. The molecule has 1 saturated heterocycles. The van der Waals surface area contributed by atoms with Gasteiger partial charge in [0.25, 0.3) is 15.9 Å². The number of hydrogen-bond donors (Lipinski definition) is 1. The quantitative estimate of drug-likeness (QED) is 0.880. The van der Waals surface area contributed by atoms with Gasteiger partial charge in [-0.1, -0.05) is 18.2 Å². The second-order valence-corrected chi connectivity index (χ2v) is 7.23. The summed E-state index contributed by atoms with van der Waals surface area (Å²) in [5.41, 5.74) is 0.0429. The van der Waals surface area contributed by atoms with Crippen LogP contribution in [0.1, 0.15) is 10.4 Å². The molecule has 0 aliphatic carbocycles. The fourth-order valence-electron chi connectivity index (χ4n) is 2.63. The van der Waals surface area contributed by atoms with E-state index < -0.39 is 26.6 Å². The molecular weight excluding hydrogens is 366 g/mol. The van der Waals surface area contributed by atoms with E-state index >= 15 is 0 Å². The molecule has 138 valence electrons. The monoisotopic (exact) mass is 382 g/mol. The van der Waals surface area contributed by atoms with E-state index in [-0.39, 0.29) is 17.2 Å². The maximum absolute atomic E-state index is 13.9. The topological polar surface area (TPSA) is 75.7 Å². The van der Waals surface area contributed by atoms with Gasteiger partial charge in [-0.3, -0.25) is 9.52 Å². The Hall–Kier alpha value is -2.52. The van der Waals surface area contributed by atoms with Crippen LogP contribution < -0.4 is 4.72 Å². The summed E-state index contributed by atoms with van der Waals surface area (Å²) in [6.07, 6.45) is 0. The molecule has 1 aliphatic heterocycles. The second kappa shape index (κ2) is 7.38. The van der Waals surface area contributed by atoms with E-state index in [4.69, 9.17) is 4.74 Å².